The molecule has 0 heterocycles. The predicted octanol–water partition coefficient (Wildman–Crippen LogP) is 3.68. The molecule has 0 saturated heterocycles. The minimum Gasteiger partial charge on any atom is -0.496 e. The van der Waals surface area contributed by atoms with Crippen molar-refractivity contribution in [1.29, 1.82) is 0 Å². The SMILES string of the molecule is C=CCOc1ccc(NS(=O)(=O)c2ccc(OC)c(C)c2C)cc1. The number of benzene rings is 2. The van der Waals surface area contributed by atoms with Crippen molar-refractivity contribution in [2.24, 2.45) is 0 Å². The smallest absolute Gasteiger partial charge is 0.262 e. The van der Waals surface area contributed by atoms with Crippen LogP contribution in [0.5, 0.6) is 11.5 Å². The lowest BCUT2D eigenvalue weighted by atomic mass is 10.1. The molecule has 0 saturated carbocycles. The van der Waals surface area contributed by atoms with Crippen LogP contribution in [0.2, 0.25) is 0 Å². The number of methoxy groups -OCH3 is 1. The Morgan fingerprint density at radius 2 is 1.75 bits per heavy atom. The molecule has 0 aliphatic rings. The molecule has 6 heteroatoms. The maximum Gasteiger partial charge on any atom is 0.262 e. The van der Waals surface area contributed by atoms with Gasteiger partial charge in [0.1, 0.15) is 18.1 Å². The molecule has 24 heavy (non-hydrogen) atoms. The van der Waals surface area contributed by atoms with Gasteiger partial charge < -0.3 is 9.47 Å². The van der Waals surface area contributed by atoms with Crippen LogP contribution < -0.4 is 14.2 Å². The van der Waals surface area contributed by atoms with Crippen LogP contribution in [0.1, 0.15) is 11.1 Å². The standard InChI is InChI=1S/C18H21NO4S/c1-5-12-23-16-8-6-15(7-9-16)19-24(20,21)18-11-10-17(22-4)13(2)14(18)3/h5-11,19H,1,12H2,2-4H3. The fraction of sp³-hybridized carbons (Fsp3) is 0.222. The van der Waals surface area contributed by atoms with Gasteiger partial charge in [-0.15, -0.1) is 0 Å². The Kier molecular flexibility index (Phi) is 5.51. The average molecular weight is 347 g/mol. The average Bonchev–Trinajstić information content (AvgIpc) is 2.56. The molecule has 0 atom stereocenters. The van der Waals surface area contributed by atoms with E-state index in [2.05, 4.69) is 11.3 Å². The highest BCUT2D eigenvalue weighted by Crippen LogP contribution is 2.28. The van der Waals surface area contributed by atoms with Crippen LogP contribution >= 0.6 is 0 Å². The summed E-state index contributed by atoms with van der Waals surface area (Å²) in [5.41, 5.74) is 1.93. The molecular weight excluding hydrogens is 326 g/mol. The number of ether oxygens (including phenoxy) is 2. The van der Waals surface area contributed by atoms with E-state index >= 15 is 0 Å². The third-order valence-electron chi connectivity index (χ3n) is 3.67. The van der Waals surface area contributed by atoms with Crippen LogP contribution in [0.15, 0.2) is 53.9 Å². The van der Waals surface area contributed by atoms with Gasteiger partial charge in [0.2, 0.25) is 0 Å². The number of anilines is 1. The van der Waals surface area contributed by atoms with E-state index in [0.29, 0.717) is 29.4 Å². The minimum atomic E-state index is -3.68. The number of nitrogens with one attached hydrogen (secondary N) is 1. The first kappa shape index (κ1) is 17.9. The third kappa shape index (κ3) is 3.89. The second-order valence-electron chi connectivity index (χ2n) is 5.25. The van der Waals surface area contributed by atoms with Crippen molar-refractivity contribution in [2.75, 3.05) is 18.4 Å². The summed E-state index contributed by atoms with van der Waals surface area (Å²) in [4.78, 5) is 0.229. The molecule has 0 amide bonds. The minimum absolute atomic E-state index is 0.229. The second-order valence-corrected chi connectivity index (χ2v) is 6.90. The summed E-state index contributed by atoms with van der Waals surface area (Å²) in [5.74, 6) is 1.31. The molecule has 2 rings (SSSR count). The molecule has 0 unspecified atom stereocenters. The monoisotopic (exact) mass is 347 g/mol. The summed E-state index contributed by atoms with van der Waals surface area (Å²) in [6.45, 7) is 7.57. The Bertz CT molecular complexity index is 827. The highest BCUT2D eigenvalue weighted by Gasteiger charge is 2.19. The Morgan fingerprint density at radius 3 is 2.33 bits per heavy atom. The summed E-state index contributed by atoms with van der Waals surface area (Å²) in [6.07, 6.45) is 1.64. The van der Waals surface area contributed by atoms with Crippen LogP contribution in [0.3, 0.4) is 0 Å². The molecule has 0 radical (unpaired) electrons. The van der Waals surface area contributed by atoms with Gasteiger partial charge >= 0.3 is 0 Å². The lowest BCUT2D eigenvalue weighted by Crippen LogP contribution is -2.15. The lowest BCUT2D eigenvalue weighted by molar-refractivity contribution is 0.363. The summed E-state index contributed by atoms with van der Waals surface area (Å²) < 4.78 is 38.4. The molecule has 5 nitrogen and oxygen atoms in total. The van der Waals surface area contributed by atoms with E-state index in [1.807, 2.05) is 6.92 Å². The van der Waals surface area contributed by atoms with Gasteiger partial charge in [-0.1, -0.05) is 12.7 Å². The van der Waals surface area contributed by atoms with E-state index in [-0.39, 0.29) is 4.90 Å². The third-order valence-corrected chi connectivity index (χ3v) is 5.20. The quantitative estimate of drug-likeness (QED) is 0.776. The van der Waals surface area contributed by atoms with E-state index < -0.39 is 10.0 Å². The number of rotatable bonds is 7. The van der Waals surface area contributed by atoms with Crippen LogP contribution in [0.25, 0.3) is 0 Å². The van der Waals surface area contributed by atoms with E-state index in [1.165, 1.54) is 0 Å². The molecule has 0 aliphatic carbocycles. The number of hydrogen-bond acceptors (Lipinski definition) is 4. The van der Waals surface area contributed by atoms with E-state index in [4.69, 9.17) is 9.47 Å². The van der Waals surface area contributed by atoms with Crippen molar-refractivity contribution in [3.8, 4) is 11.5 Å². The second kappa shape index (κ2) is 7.40. The molecule has 0 aliphatic heterocycles. The van der Waals surface area contributed by atoms with Crippen LogP contribution in [-0.2, 0) is 10.0 Å². The van der Waals surface area contributed by atoms with Gasteiger partial charge in [0.05, 0.1) is 12.0 Å². The first-order chi connectivity index (χ1) is 11.4. The van der Waals surface area contributed by atoms with Gasteiger partial charge in [-0.3, -0.25) is 4.72 Å². The Hall–Kier alpha value is -2.47. The fourth-order valence-electron chi connectivity index (χ4n) is 2.27. The molecule has 0 bridgehead atoms. The predicted molar refractivity (Wildman–Crippen MR) is 95.4 cm³/mol. The fourth-order valence-corrected chi connectivity index (χ4v) is 3.63. The number of hydrogen-bond donors (Lipinski definition) is 1. The maximum absolute atomic E-state index is 12.6. The van der Waals surface area contributed by atoms with E-state index in [1.54, 1.807) is 56.5 Å². The zero-order valence-electron chi connectivity index (χ0n) is 14.0. The zero-order valence-corrected chi connectivity index (χ0v) is 14.8. The molecule has 2 aromatic carbocycles. The molecule has 0 fully saturated rings. The zero-order chi connectivity index (χ0) is 17.7. The van der Waals surface area contributed by atoms with Gasteiger partial charge in [0.15, 0.2) is 0 Å². The van der Waals surface area contributed by atoms with Crippen molar-refractivity contribution in [1.82, 2.24) is 0 Å². The van der Waals surface area contributed by atoms with Crippen molar-refractivity contribution in [3.05, 3.63) is 60.2 Å². The molecule has 0 spiro atoms. The topological polar surface area (TPSA) is 64.6 Å². The highest BCUT2D eigenvalue weighted by atomic mass is 32.2. The van der Waals surface area contributed by atoms with Gasteiger partial charge in [0, 0.05) is 5.69 Å². The van der Waals surface area contributed by atoms with Crippen LogP contribution in [0.4, 0.5) is 5.69 Å². The Balaban J connectivity index is 2.25. The summed E-state index contributed by atoms with van der Waals surface area (Å²) in [7, 11) is -2.12. The van der Waals surface area contributed by atoms with Crippen molar-refractivity contribution < 1.29 is 17.9 Å². The van der Waals surface area contributed by atoms with E-state index in [0.717, 1.165) is 5.56 Å². The van der Waals surface area contributed by atoms with Gasteiger partial charge in [-0.05, 0) is 61.4 Å². The van der Waals surface area contributed by atoms with Gasteiger partial charge in [-0.2, -0.15) is 0 Å². The summed E-state index contributed by atoms with van der Waals surface area (Å²) >= 11 is 0. The van der Waals surface area contributed by atoms with E-state index in [9.17, 15) is 8.42 Å². The number of sulfonamides is 1. The summed E-state index contributed by atoms with van der Waals surface area (Å²) in [5, 5.41) is 0. The van der Waals surface area contributed by atoms with Gasteiger partial charge in [0.25, 0.3) is 10.0 Å². The molecule has 2 aromatic rings. The van der Waals surface area contributed by atoms with Crippen molar-refractivity contribution >= 4 is 15.7 Å². The van der Waals surface area contributed by atoms with Crippen LogP contribution in [-0.4, -0.2) is 22.1 Å². The normalized spacial score (nSPS) is 11.0. The first-order valence-electron chi connectivity index (χ1n) is 7.40. The van der Waals surface area contributed by atoms with Crippen molar-refractivity contribution in [3.63, 3.8) is 0 Å². The van der Waals surface area contributed by atoms with Crippen LogP contribution in [0, 0.1) is 13.8 Å². The van der Waals surface area contributed by atoms with Crippen molar-refractivity contribution in [2.45, 2.75) is 18.7 Å². The Labute approximate surface area is 143 Å². The maximum atomic E-state index is 12.6. The summed E-state index contributed by atoms with van der Waals surface area (Å²) in [6, 6.07) is 9.92. The lowest BCUT2D eigenvalue weighted by Gasteiger charge is -2.14. The molecule has 0 aromatic heterocycles. The first-order valence-corrected chi connectivity index (χ1v) is 8.88. The molecular formula is C18H21NO4S. The Morgan fingerprint density at radius 1 is 1.08 bits per heavy atom. The highest BCUT2D eigenvalue weighted by molar-refractivity contribution is 7.92. The molecule has 1 N–H and O–H groups in total. The van der Waals surface area contributed by atoms with Gasteiger partial charge in [-0.25, -0.2) is 8.42 Å². The largest absolute Gasteiger partial charge is 0.496 e. The molecule has 128 valence electrons.